The van der Waals surface area contributed by atoms with E-state index >= 15 is 0 Å². The van der Waals surface area contributed by atoms with E-state index in [4.69, 9.17) is 9.47 Å². The van der Waals surface area contributed by atoms with Crippen molar-refractivity contribution in [3.8, 4) is 11.5 Å². The van der Waals surface area contributed by atoms with Crippen LogP contribution in [0, 0.1) is 0 Å². The zero-order valence-electron chi connectivity index (χ0n) is 16.0. The number of aryl methyl sites for hydroxylation is 1. The highest BCUT2D eigenvalue weighted by Gasteiger charge is 2.27. The highest BCUT2D eigenvalue weighted by atomic mass is 16.5. The van der Waals surface area contributed by atoms with Gasteiger partial charge in [-0.15, -0.1) is 0 Å². The first-order valence-corrected chi connectivity index (χ1v) is 9.44. The summed E-state index contributed by atoms with van der Waals surface area (Å²) in [4.78, 5) is 2.57. The summed E-state index contributed by atoms with van der Waals surface area (Å²) >= 11 is 0. The van der Waals surface area contributed by atoms with Gasteiger partial charge in [-0.2, -0.15) is 0 Å². The number of aromatic nitrogens is 1. The Morgan fingerprint density at radius 3 is 2.19 bits per heavy atom. The lowest BCUT2D eigenvalue weighted by atomic mass is 10.0. The molecule has 1 aliphatic rings. The van der Waals surface area contributed by atoms with E-state index in [1.54, 1.807) is 14.2 Å². The Kier molecular flexibility index (Phi) is 5.16. The third-order valence-corrected chi connectivity index (χ3v) is 5.33. The van der Waals surface area contributed by atoms with Crippen molar-refractivity contribution in [2.24, 2.45) is 0 Å². The topological polar surface area (TPSA) is 26.6 Å². The summed E-state index contributed by atoms with van der Waals surface area (Å²) in [7, 11) is 3.42. The van der Waals surface area contributed by atoms with Crippen LogP contribution in [0.1, 0.15) is 29.3 Å². The van der Waals surface area contributed by atoms with E-state index in [9.17, 15) is 0 Å². The van der Waals surface area contributed by atoms with Gasteiger partial charge in [0, 0.05) is 31.5 Å². The Labute approximate surface area is 161 Å². The molecule has 0 aliphatic carbocycles. The van der Waals surface area contributed by atoms with Crippen molar-refractivity contribution in [1.82, 2.24) is 9.47 Å². The maximum atomic E-state index is 5.35. The summed E-state index contributed by atoms with van der Waals surface area (Å²) in [6.07, 6.45) is 3.34. The van der Waals surface area contributed by atoms with E-state index in [0.717, 1.165) is 37.6 Å². The molecule has 0 spiro atoms. The first kappa shape index (κ1) is 17.7. The number of benzene rings is 2. The molecular formula is C23H26N2O2. The minimum atomic E-state index is 0.232. The van der Waals surface area contributed by atoms with Crippen molar-refractivity contribution in [3.63, 3.8) is 0 Å². The summed E-state index contributed by atoms with van der Waals surface area (Å²) in [5, 5.41) is 0. The number of methoxy groups -OCH3 is 2. The predicted octanol–water partition coefficient (Wildman–Crippen LogP) is 4.50. The zero-order chi connectivity index (χ0) is 18.6. The highest BCUT2D eigenvalue weighted by molar-refractivity contribution is 5.35. The van der Waals surface area contributed by atoms with Crippen LogP contribution in [-0.2, 0) is 13.1 Å². The Hall–Kier alpha value is -2.72. The molecule has 2 heterocycles. The number of rotatable bonds is 5. The van der Waals surface area contributed by atoms with Crippen molar-refractivity contribution in [1.29, 1.82) is 0 Å². The molecule has 0 fully saturated rings. The van der Waals surface area contributed by atoms with Crippen molar-refractivity contribution >= 4 is 0 Å². The smallest absolute Gasteiger partial charge is 0.118 e. The largest absolute Gasteiger partial charge is 0.497 e. The lowest BCUT2D eigenvalue weighted by molar-refractivity contribution is 0.220. The van der Waals surface area contributed by atoms with Crippen LogP contribution >= 0.6 is 0 Å². The predicted molar refractivity (Wildman–Crippen MR) is 107 cm³/mol. The Morgan fingerprint density at radius 1 is 0.852 bits per heavy atom. The molecule has 2 aromatic carbocycles. The van der Waals surface area contributed by atoms with Gasteiger partial charge in [0.05, 0.1) is 20.3 Å². The summed E-state index contributed by atoms with van der Waals surface area (Å²) in [5.41, 5.74) is 3.95. The molecule has 0 radical (unpaired) electrons. The molecule has 4 rings (SSSR count). The van der Waals surface area contributed by atoms with Crippen LogP contribution in [0.5, 0.6) is 11.5 Å². The number of hydrogen-bond acceptors (Lipinski definition) is 3. The van der Waals surface area contributed by atoms with Crippen molar-refractivity contribution in [3.05, 3.63) is 83.7 Å². The Morgan fingerprint density at radius 2 is 1.52 bits per heavy atom. The number of hydrogen-bond donors (Lipinski definition) is 0. The first-order valence-electron chi connectivity index (χ1n) is 9.44. The van der Waals surface area contributed by atoms with Gasteiger partial charge in [0.25, 0.3) is 0 Å². The summed E-state index contributed by atoms with van der Waals surface area (Å²) in [6, 6.07) is 21.5. The second kappa shape index (κ2) is 7.89. The molecule has 0 N–H and O–H groups in total. The molecule has 3 aromatic rings. The van der Waals surface area contributed by atoms with E-state index in [0.29, 0.717) is 0 Å². The van der Waals surface area contributed by atoms with Crippen LogP contribution in [-0.4, -0.2) is 30.2 Å². The van der Waals surface area contributed by atoms with Crippen LogP contribution in [0.3, 0.4) is 0 Å². The maximum Gasteiger partial charge on any atom is 0.118 e. The van der Waals surface area contributed by atoms with Gasteiger partial charge in [0.2, 0.25) is 0 Å². The van der Waals surface area contributed by atoms with Gasteiger partial charge < -0.3 is 14.0 Å². The molecule has 27 heavy (non-hydrogen) atoms. The SMILES string of the molecule is COc1ccc(CN2CCCn3cccc3[C@H]2c2ccc(OC)cc2)cc1. The third-order valence-electron chi connectivity index (χ3n) is 5.33. The molecule has 1 atom stereocenters. The molecular weight excluding hydrogens is 336 g/mol. The van der Waals surface area contributed by atoms with Gasteiger partial charge in [-0.05, 0) is 53.9 Å². The molecule has 0 amide bonds. The monoisotopic (exact) mass is 362 g/mol. The fraction of sp³-hybridized carbons (Fsp3) is 0.304. The lowest BCUT2D eigenvalue weighted by Gasteiger charge is -2.31. The molecule has 4 heteroatoms. The normalized spacial score (nSPS) is 17.2. The third kappa shape index (κ3) is 3.71. The van der Waals surface area contributed by atoms with E-state index in [2.05, 4.69) is 64.2 Å². The van der Waals surface area contributed by atoms with Crippen molar-refractivity contribution < 1.29 is 9.47 Å². The quantitative estimate of drug-likeness (QED) is 0.668. The van der Waals surface area contributed by atoms with E-state index in [-0.39, 0.29) is 6.04 Å². The number of ether oxygens (including phenoxy) is 2. The Bertz CT molecular complexity index is 868. The van der Waals surface area contributed by atoms with Gasteiger partial charge in [-0.3, -0.25) is 4.90 Å². The highest BCUT2D eigenvalue weighted by Crippen LogP contribution is 2.34. The minimum Gasteiger partial charge on any atom is -0.497 e. The molecule has 4 nitrogen and oxygen atoms in total. The second-order valence-corrected chi connectivity index (χ2v) is 6.97. The fourth-order valence-corrected chi connectivity index (χ4v) is 3.94. The van der Waals surface area contributed by atoms with Crippen LogP contribution < -0.4 is 9.47 Å². The minimum absolute atomic E-state index is 0.232. The molecule has 0 bridgehead atoms. The van der Waals surface area contributed by atoms with Gasteiger partial charge in [-0.1, -0.05) is 24.3 Å². The van der Waals surface area contributed by atoms with Gasteiger partial charge >= 0.3 is 0 Å². The molecule has 1 aliphatic heterocycles. The average molecular weight is 362 g/mol. The summed E-state index contributed by atoms with van der Waals surface area (Å²) in [6.45, 7) is 3.03. The van der Waals surface area contributed by atoms with E-state index in [1.807, 2.05) is 12.1 Å². The number of fused-ring (bicyclic) bond motifs is 1. The van der Waals surface area contributed by atoms with E-state index < -0.39 is 0 Å². The van der Waals surface area contributed by atoms with Crippen LogP contribution in [0.25, 0.3) is 0 Å². The second-order valence-electron chi connectivity index (χ2n) is 6.97. The summed E-state index contributed by atoms with van der Waals surface area (Å²) in [5.74, 6) is 1.79. The molecule has 1 aromatic heterocycles. The molecule has 0 saturated heterocycles. The summed E-state index contributed by atoms with van der Waals surface area (Å²) < 4.78 is 13.0. The first-order chi connectivity index (χ1) is 13.3. The van der Waals surface area contributed by atoms with Gasteiger partial charge in [-0.25, -0.2) is 0 Å². The molecule has 140 valence electrons. The van der Waals surface area contributed by atoms with Crippen LogP contribution in [0.15, 0.2) is 66.9 Å². The Balaban J connectivity index is 1.68. The van der Waals surface area contributed by atoms with Gasteiger partial charge in [0.15, 0.2) is 0 Å². The van der Waals surface area contributed by atoms with E-state index in [1.165, 1.54) is 16.8 Å². The van der Waals surface area contributed by atoms with Crippen LogP contribution in [0.2, 0.25) is 0 Å². The average Bonchev–Trinajstić information content (AvgIpc) is 3.10. The standard InChI is InChI=1S/C23H26N2O2/c1-26-20-10-6-18(7-11-20)17-25-16-4-15-24-14-3-5-22(24)23(25)19-8-12-21(27-2)13-9-19/h3,5-14,23H,4,15-17H2,1-2H3/t23-/m1/s1. The number of nitrogens with zero attached hydrogens (tertiary/aromatic N) is 2. The fourth-order valence-electron chi connectivity index (χ4n) is 3.94. The van der Waals surface area contributed by atoms with Crippen molar-refractivity contribution in [2.45, 2.75) is 25.6 Å². The molecule has 0 unspecified atom stereocenters. The van der Waals surface area contributed by atoms with Crippen molar-refractivity contribution in [2.75, 3.05) is 20.8 Å². The maximum absolute atomic E-state index is 5.35. The zero-order valence-corrected chi connectivity index (χ0v) is 16.0. The van der Waals surface area contributed by atoms with Gasteiger partial charge in [0.1, 0.15) is 11.5 Å². The van der Waals surface area contributed by atoms with Crippen LogP contribution in [0.4, 0.5) is 0 Å². The lowest BCUT2D eigenvalue weighted by Crippen LogP contribution is -2.29. The molecule has 0 saturated carbocycles.